The summed E-state index contributed by atoms with van der Waals surface area (Å²) in [5.41, 5.74) is 4.30. The molecule has 0 unspecified atom stereocenters. The van der Waals surface area contributed by atoms with Crippen molar-refractivity contribution in [2.75, 3.05) is 0 Å². The average Bonchev–Trinajstić information content (AvgIpc) is 2.62. The van der Waals surface area contributed by atoms with Gasteiger partial charge in [0.05, 0.1) is 27.4 Å². The molecule has 0 aliphatic heterocycles. The van der Waals surface area contributed by atoms with Gasteiger partial charge in [-0.2, -0.15) is 0 Å². The van der Waals surface area contributed by atoms with Crippen LogP contribution in [0.2, 0.25) is 0 Å². The molecule has 4 heteroatoms. The lowest BCUT2D eigenvalue weighted by Crippen LogP contribution is -2.07. The van der Waals surface area contributed by atoms with Gasteiger partial charge in [-0.15, -0.1) is 0 Å². The lowest BCUT2D eigenvalue weighted by atomic mass is 10.0. The summed E-state index contributed by atoms with van der Waals surface area (Å²) in [6.45, 7) is 4.30. The molecule has 124 valence electrons. The Labute approximate surface area is 151 Å². The topological polar surface area (TPSA) is 38.7 Å². The van der Waals surface area contributed by atoms with Gasteiger partial charge in [-0.1, -0.05) is 49.4 Å². The molecule has 3 nitrogen and oxygen atoms in total. The van der Waals surface area contributed by atoms with Crippen LogP contribution in [0.25, 0.3) is 0 Å². The molecule has 0 amide bonds. The Hall–Kier alpha value is -2.20. The third-order valence-corrected chi connectivity index (χ3v) is 3.94. The maximum atomic E-state index is 12.2. The smallest absolute Gasteiger partial charge is 0.338 e. The van der Waals surface area contributed by atoms with Crippen molar-refractivity contribution in [1.82, 2.24) is 0 Å². The van der Waals surface area contributed by atoms with Crippen LogP contribution >= 0.6 is 16.1 Å². The fraction of sp³-hybridized carbons (Fsp3) is 0.200. The highest BCUT2D eigenvalue weighted by Crippen LogP contribution is 2.16. The second kappa shape index (κ2) is 9.18. The summed E-state index contributed by atoms with van der Waals surface area (Å²) in [7, 11) is 0. The normalized spacial score (nSPS) is 11.7. The maximum Gasteiger partial charge on any atom is 0.338 e. The molecular weight excluding hydrogens is 366 g/mol. The number of benzene rings is 2. The average molecular weight is 386 g/mol. The zero-order valence-electron chi connectivity index (χ0n) is 13.8. The number of hydrogen-bond donors (Lipinski definition) is 0. The number of carbonyl (C=O) groups excluding carboxylic acids is 1. The van der Waals surface area contributed by atoms with Gasteiger partial charge in [0, 0.05) is 5.56 Å². The molecule has 0 N–H and O–H groups in total. The number of nitrogens with zero attached hydrogens (tertiary/aromatic N) is 1. The largest absolute Gasteiger partial charge is 0.457 e. The minimum Gasteiger partial charge on any atom is -0.457 e. The van der Waals surface area contributed by atoms with Crippen LogP contribution in [-0.2, 0) is 11.3 Å². The first-order valence-corrected chi connectivity index (χ1v) is 8.54. The van der Waals surface area contributed by atoms with Crippen molar-refractivity contribution in [2.45, 2.75) is 26.9 Å². The minimum absolute atomic E-state index is 0.272. The van der Waals surface area contributed by atoms with Gasteiger partial charge in [0.1, 0.15) is 6.61 Å². The van der Waals surface area contributed by atoms with Crippen LogP contribution in [0.5, 0.6) is 0 Å². The molecule has 2 rings (SSSR count). The number of esters is 1. The van der Waals surface area contributed by atoms with E-state index in [1.807, 2.05) is 61.5 Å². The first-order chi connectivity index (χ1) is 11.7. The molecule has 0 radical (unpaired) electrons. The molecule has 24 heavy (non-hydrogen) atoms. The highest BCUT2D eigenvalue weighted by Gasteiger charge is 2.11. The predicted molar refractivity (Wildman–Crippen MR) is 102 cm³/mol. The maximum absolute atomic E-state index is 12.2. The van der Waals surface area contributed by atoms with Crippen LogP contribution in [0, 0.1) is 6.92 Å². The molecule has 0 saturated carbocycles. The van der Waals surface area contributed by atoms with Crippen LogP contribution in [0.4, 0.5) is 0 Å². The van der Waals surface area contributed by atoms with E-state index in [4.69, 9.17) is 4.74 Å². The molecule has 0 saturated heterocycles. The number of halogens is 1. The predicted octanol–water partition coefficient (Wildman–Crippen LogP) is 5.42. The Morgan fingerprint density at radius 1 is 1.21 bits per heavy atom. The summed E-state index contributed by atoms with van der Waals surface area (Å²) < 4.78 is 9.50. The summed E-state index contributed by atoms with van der Waals surface area (Å²) in [5, 5.41) is 0. The number of allylic oxidation sites excluding steroid dienone is 2. The van der Waals surface area contributed by atoms with Gasteiger partial charge in [0.15, 0.2) is 0 Å². The summed E-state index contributed by atoms with van der Waals surface area (Å²) >= 11 is 3.16. The van der Waals surface area contributed by atoms with Crippen molar-refractivity contribution in [3.05, 3.63) is 82.9 Å². The van der Waals surface area contributed by atoms with E-state index >= 15 is 0 Å². The summed E-state index contributed by atoms with van der Waals surface area (Å²) in [6, 6.07) is 15.1. The van der Waals surface area contributed by atoms with Crippen molar-refractivity contribution in [2.24, 2.45) is 4.02 Å². The van der Waals surface area contributed by atoms with Gasteiger partial charge in [0.25, 0.3) is 0 Å². The van der Waals surface area contributed by atoms with Gasteiger partial charge in [-0.3, -0.25) is 0 Å². The van der Waals surface area contributed by atoms with E-state index in [1.54, 1.807) is 6.07 Å². The van der Waals surface area contributed by atoms with Crippen LogP contribution < -0.4 is 0 Å². The molecule has 0 heterocycles. The van der Waals surface area contributed by atoms with Crippen LogP contribution in [0.1, 0.15) is 40.4 Å². The third kappa shape index (κ3) is 4.90. The molecular formula is C20H20BrNO2. The van der Waals surface area contributed by atoms with E-state index < -0.39 is 0 Å². The van der Waals surface area contributed by atoms with Crippen molar-refractivity contribution < 1.29 is 9.53 Å². The van der Waals surface area contributed by atoms with Crippen molar-refractivity contribution in [1.29, 1.82) is 0 Å². The van der Waals surface area contributed by atoms with Gasteiger partial charge in [-0.25, -0.2) is 8.81 Å². The SMILES string of the molecule is CC/C=C\C(=N/Br)c1ccc(C(=O)OCc2ccccc2)cc1C. The van der Waals surface area contributed by atoms with Crippen molar-refractivity contribution in [3.8, 4) is 0 Å². The van der Waals surface area contributed by atoms with E-state index in [9.17, 15) is 4.79 Å². The lowest BCUT2D eigenvalue weighted by Gasteiger charge is -2.09. The Morgan fingerprint density at radius 2 is 1.96 bits per heavy atom. The van der Waals surface area contributed by atoms with E-state index in [1.165, 1.54) is 0 Å². The summed E-state index contributed by atoms with van der Waals surface area (Å²) in [6.07, 6.45) is 4.95. The summed E-state index contributed by atoms with van der Waals surface area (Å²) in [5.74, 6) is -0.324. The molecule has 2 aromatic carbocycles. The summed E-state index contributed by atoms with van der Waals surface area (Å²) in [4.78, 5) is 12.2. The lowest BCUT2D eigenvalue weighted by molar-refractivity contribution is 0.0472. The third-order valence-electron chi connectivity index (χ3n) is 3.55. The van der Waals surface area contributed by atoms with E-state index in [2.05, 4.69) is 27.1 Å². The molecule has 0 spiro atoms. The number of carbonyl (C=O) groups is 1. The highest BCUT2D eigenvalue weighted by atomic mass is 79.9. The second-order valence-corrected chi connectivity index (χ2v) is 5.73. The fourth-order valence-corrected chi connectivity index (χ4v) is 2.59. The Bertz CT molecular complexity index is 751. The highest BCUT2D eigenvalue weighted by molar-refractivity contribution is 9.08. The zero-order chi connectivity index (χ0) is 17.4. The van der Waals surface area contributed by atoms with Crippen LogP contribution in [-0.4, -0.2) is 11.7 Å². The quantitative estimate of drug-likeness (QED) is 0.491. The number of aryl methyl sites for hydroxylation is 1. The number of ether oxygens (including phenoxy) is 1. The Kier molecular flexibility index (Phi) is 6.94. The van der Waals surface area contributed by atoms with Crippen LogP contribution in [0.3, 0.4) is 0 Å². The van der Waals surface area contributed by atoms with Crippen molar-refractivity contribution >= 4 is 27.8 Å². The van der Waals surface area contributed by atoms with E-state index in [0.29, 0.717) is 5.56 Å². The standard InChI is InChI=1S/C20H20BrNO2/c1-3-4-10-19(22-21)18-12-11-17(13-15(18)2)20(23)24-14-16-8-6-5-7-9-16/h4-13H,3,14H2,1-2H3/b10-4-,22-19+. The fourth-order valence-electron chi connectivity index (χ4n) is 2.28. The van der Waals surface area contributed by atoms with Crippen molar-refractivity contribution in [3.63, 3.8) is 0 Å². The van der Waals surface area contributed by atoms with Gasteiger partial charge >= 0.3 is 5.97 Å². The number of hydrogen-bond acceptors (Lipinski definition) is 3. The minimum atomic E-state index is -0.324. The molecule has 2 aromatic rings. The molecule has 0 aliphatic rings. The van der Waals surface area contributed by atoms with Crippen LogP contribution in [0.15, 0.2) is 64.7 Å². The number of rotatable bonds is 6. The molecule has 0 fully saturated rings. The molecule has 0 aromatic heterocycles. The first-order valence-electron chi connectivity index (χ1n) is 7.83. The van der Waals surface area contributed by atoms with Gasteiger partial charge in [-0.05, 0) is 42.7 Å². The molecule has 0 atom stereocenters. The van der Waals surface area contributed by atoms with E-state index in [-0.39, 0.29) is 12.6 Å². The van der Waals surface area contributed by atoms with E-state index in [0.717, 1.165) is 28.8 Å². The molecule has 0 bridgehead atoms. The van der Waals surface area contributed by atoms with Gasteiger partial charge in [0.2, 0.25) is 0 Å². The zero-order valence-corrected chi connectivity index (χ0v) is 15.4. The molecule has 0 aliphatic carbocycles. The first kappa shape index (κ1) is 18.1. The second-order valence-electron chi connectivity index (χ2n) is 5.37. The Balaban J connectivity index is 2.11. The monoisotopic (exact) mass is 385 g/mol. The van der Waals surface area contributed by atoms with Gasteiger partial charge < -0.3 is 4.74 Å². The Morgan fingerprint density at radius 3 is 2.58 bits per heavy atom.